The van der Waals surface area contributed by atoms with Crippen molar-refractivity contribution in [3.05, 3.63) is 71.4 Å². The zero-order chi connectivity index (χ0) is 14.8. The second-order valence-corrected chi connectivity index (χ2v) is 5.13. The Bertz CT molecular complexity index is 788. The molecule has 3 aromatic rings. The predicted molar refractivity (Wildman–Crippen MR) is 83.9 cm³/mol. The first kappa shape index (κ1) is 13.3. The van der Waals surface area contributed by atoms with Gasteiger partial charge < -0.3 is 0 Å². The van der Waals surface area contributed by atoms with Gasteiger partial charge >= 0.3 is 0 Å². The molecule has 3 heteroatoms. The smallest absolute Gasteiger partial charge is 0.153 e. The van der Waals surface area contributed by atoms with E-state index < -0.39 is 0 Å². The second-order valence-electron chi connectivity index (χ2n) is 5.13. The Kier molecular flexibility index (Phi) is 3.40. The molecular formula is C18H16N2O. The largest absolute Gasteiger partial charge is 0.298 e. The molecule has 0 bridgehead atoms. The van der Waals surface area contributed by atoms with Crippen molar-refractivity contribution < 1.29 is 4.79 Å². The standard InChI is InChI=1S/C18H16N2O/c1-13-8-9-17(10-14(13)2)20-11-16(12-21)18(19-20)15-6-4-3-5-7-15/h3-12H,1-2H3. The van der Waals surface area contributed by atoms with E-state index in [1.165, 1.54) is 11.1 Å². The molecule has 21 heavy (non-hydrogen) atoms. The number of carbonyl (C=O) groups is 1. The molecule has 0 amide bonds. The van der Waals surface area contributed by atoms with Crippen LogP contribution in [-0.4, -0.2) is 16.1 Å². The van der Waals surface area contributed by atoms with Crippen molar-refractivity contribution in [2.45, 2.75) is 13.8 Å². The lowest BCUT2D eigenvalue weighted by atomic mass is 10.1. The van der Waals surface area contributed by atoms with Crippen LogP contribution in [0.5, 0.6) is 0 Å². The van der Waals surface area contributed by atoms with Gasteiger partial charge in [0, 0.05) is 11.8 Å². The van der Waals surface area contributed by atoms with E-state index in [4.69, 9.17) is 0 Å². The summed E-state index contributed by atoms with van der Waals surface area (Å²) in [4.78, 5) is 11.3. The van der Waals surface area contributed by atoms with Crippen LogP contribution >= 0.6 is 0 Å². The Morgan fingerprint density at radius 2 is 1.76 bits per heavy atom. The van der Waals surface area contributed by atoms with Gasteiger partial charge in [-0.25, -0.2) is 4.68 Å². The number of benzene rings is 2. The zero-order valence-corrected chi connectivity index (χ0v) is 12.1. The first-order valence-corrected chi connectivity index (χ1v) is 6.87. The molecule has 0 radical (unpaired) electrons. The van der Waals surface area contributed by atoms with Crippen LogP contribution in [0.15, 0.2) is 54.7 Å². The summed E-state index contributed by atoms with van der Waals surface area (Å²) >= 11 is 0. The van der Waals surface area contributed by atoms with E-state index in [0.717, 1.165) is 17.5 Å². The van der Waals surface area contributed by atoms with E-state index in [-0.39, 0.29) is 0 Å². The molecular weight excluding hydrogens is 260 g/mol. The molecule has 3 rings (SSSR count). The second kappa shape index (κ2) is 5.37. The van der Waals surface area contributed by atoms with Crippen molar-refractivity contribution in [3.63, 3.8) is 0 Å². The molecule has 2 aromatic carbocycles. The summed E-state index contributed by atoms with van der Waals surface area (Å²) in [5.74, 6) is 0. The summed E-state index contributed by atoms with van der Waals surface area (Å²) in [5, 5.41) is 4.58. The van der Waals surface area contributed by atoms with Crippen molar-refractivity contribution in [2.24, 2.45) is 0 Å². The van der Waals surface area contributed by atoms with Gasteiger partial charge in [-0.05, 0) is 37.1 Å². The van der Waals surface area contributed by atoms with Gasteiger partial charge in [-0.2, -0.15) is 5.10 Å². The Morgan fingerprint density at radius 3 is 2.43 bits per heavy atom. The minimum Gasteiger partial charge on any atom is -0.298 e. The van der Waals surface area contributed by atoms with Crippen LogP contribution in [0.1, 0.15) is 21.5 Å². The van der Waals surface area contributed by atoms with Crippen LogP contribution in [0.3, 0.4) is 0 Å². The van der Waals surface area contributed by atoms with Gasteiger partial charge in [0.15, 0.2) is 6.29 Å². The maximum Gasteiger partial charge on any atom is 0.153 e. The number of nitrogens with zero attached hydrogens (tertiary/aromatic N) is 2. The fourth-order valence-corrected chi connectivity index (χ4v) is 2.29. The van der Waals surface area contributed by atoms with Crippen molar-refractivity contribution in [2.75, 3.05) is 0 Å². The molecule has 0 spiro atoms. The van der Waals surface area contributed by atoms with Crippen molar-refractivity contribution >= 4 is 6.29 Å². The summed E-state index contributed by atoms with van der Waals surface area (Å²) in [6, 6.07) is 15.9. The SMILES string of the molecule is Cc1ccc(-n2cc(C=O)c(-c3ccccc3)n2)cc1C. The van der Waals surface area contributed by atoms with Gasteiger partial charge in [-0.15, -0.1) is 0 Å². The Morgan fingerprint density at radius 1 is 1.00 bits per heavy atom. The number of carbonyl (C=O) groups excluding carboxylic acids is 1. The van der Waals surface area contributed by atoms with E-state index >= 15 is 0 Å². The lowest BCUT2D eigenvalue weighted by Crippen LogP contribution is -1.96. The lowest BCUT2D eigenvalue weighted by molar-refractivity contribution is 0.112. The van der Waals surface area contributed by atoms with E-state index in [1.54, 1.807) is 10.9 Å². The number of aryl methyl sites for hydroxylation is 2. The lowest BCUT2D eigenvalue weighted by Gasteiger charge is -2.05. The van der Waals surface area contributed by atoms with Gasteiger partial charge in [-0.3, -0.25) is 4.79 Å². The highest BCUT2D eigenvalue weighted by atomic mass is 16.1. The molecule has 0 N–H and O–H groups in total. The van der Waals surface area contributed by atoms with Crippen molar-refractivity contribution in [1.82, 2.24) is 9.78 Å². The Labute approximate surface area is 123 Å². The summed E-state index contributed by atoms with van der Waals surface area (Å²) in [7, 11) is 0. The number of aldehydes is 1. The van der Waals surface area contributed by atoms with Crippen LogP contribution in [0.4, 0.5) is 0 Å². The third-order valence-electron chi connectivity index (χ3n) is 3.67. The molecule has 3 nitrogen and oxygen atoms in total. The van der Waals surface area contributed by atoms with Crippen LogP contribution in [0.25, 0.3) is 16.9 Å². The van der Waals surface area contributed by atoms with Crippen LogP contribution in [0, 0.1) is 13.8 Å². The molecule has 104 valence electrons. The summed E-state index contributed by atoms with van der Waals surface area (Å²) in [6.45, 7) is 4.15. The van der Waals surface area contributed by atoms with Crippen molar-refractivity contribution in [1.29, 1.82) is 0 Å². The average molecular weight is 276 g/mol. The van der Waals surface area contributed by atoms with Crippen LogP contribution in [-0.2, 0) is 0 Å². The number of hydrogen-bond acceptors (Lipinski definition) is 2. The van der Waals surface area contributed by atoms with Gasteiger partial charge in [0.1, 0.15) is 5.69 Å². The normalized spacial score (nSPS) is 10.6. The van der Waals surface area contributed by atoms with E-state index in [2.05, 4.69) is 31.1 Å². The molecule has 1 heterocycles. The summed E-state index contributed by atoms with van der Waals surface area (Å²) in [5.41, 5.74) is 5.66. The molecule has 1 aromatic heterocycles. The average Bonchev–Trinajstić information content (AvgIpc) is 2.95. The van der Waals surface area contributed by atoms with Gasteiger partial charge in [-0.1, -0.05) is 36.4 Å². The quantitative estimate of drug-likeness (QED) is 0.678. The highest BCUT2D eigenvalue weighted by Gasteiger charge is 2.11. The minimum atomic E-state index is 0.597. The highest BCUT2D eigenvalue weighted by Crippen LogP contribution is 2.23. The fraction of sp³-hybridized carbons (Fsp3) is 0.111. The maximum absolute atomic E-state index is 11.3. The third kappa shape index (κ3) is 2.50. The molecule has 0 aliphatic rings. The zero-order valence-electron chi connectivity index (χ0n) is 12.1. The maximum atomic E-state index is 11.3. The third-order valence-corrected chi connectivity index (χ3v) is 3.67. The van der Waals surface area contributed by atoms with Crippen molar-refractivity contribution in [3.8, 4) is 16.9 Å². The van der Waals surface area contributed by atoms with E-state index in [1.807, 2.05) is 36.4 Å². The fourth-order valence-electron chi connectivity index (χ4n) is 2.29. The molecule has 0 aliphatic heterocycles. The number of aromatic nitrogens is 2. The molecule has 0 saturated heterocycles. The molecule has 0 aliphatic carbocycles. The Balaban J connectivity index is 2.11. The first-order chi connectivity index (χ1) is 10.2. The monoisotopic (exact) mass is 276 g/mol. The summed E-state index contributed by atoms with van der Waals surface area (Å²) < 4.78 is 1.76. The minimum absolute atomic E-state index is 0.597. The van der Waals surface area contributed by atoms with Crippen LogP contribution in [0.2, 0.25) is 0 Å². The Hall–Kier alpha value is -2.68. The molecule has 0 atom stereocenters. The molecule has 0 fully saturated rings. The van der Waals surface area contributed by atoms with Gasteiger partial charge in [0.05, 0.1) is 11.3 Å². The molecule has 0 saturated carbocycles. The van der Waals surface area contributed by atoms with Crippen LogP contribution < -0.4 is 0 Å². The predicted octanol–water partition coefficient (Wildman–Crippen LogP) is 3.97. The topological polar surface area (TPSA) is 34.9 Å². The van der Waals surface area contributed by atoms with E-state index in [9.17, 15) is 4.79 Å². The van der Waals surface area contributed by atoms with E-state index in [0.29, 0.717) is 11.3 Å². The number of hydrogen-bond donors (Lipinski definition) is 0. The van der Waals surface area contributed by atoms with Gasteiger partial charge in [0.25, 0.3) is 0 Å². The first-order valence-electron chi connectivity index (χ1n) is 6.87. The van der Waals surface area contributed by atoms with Gasteiger partial charge in [0.2, 0.25) is 0 Å². The molecule has 0 unspecified atom stereocenters. The number of rotatable bonds is 3. The highest BCUT2D eigenvalue weighted by molar-refractivity contribution is 5.85. The summed E-state index contributed by atoms with van der Waals surface area (Å²) in [6.07, 6.45) is 2.63.